The van der Waals surface area contributed by atoms with E-state index < -0.39 is 6.04 Å². The molecule has 0 bridgehead atoms. The van der Waals surface area contributed by atoms with Crippen molar-refractivity contribution in [2.24, 2.45) is 10.1 Å². The predicted octanol–water partition coefficient (Wildman–Crippen LogP) is 0.706. The van der Waals surface area contributed by atoms with Gasteiger partial charge in [-0.2, -0.15) is 0 Å². The summed E-state index contributed by atoms with van der Waals surface area (Å²) in [6.07, 6.45) is 3.63. The monoisotopic (exact) mass is 331 g/mol. The lowest BCUT2D eigenvalue weighted by Crippen LogP contribution is -2.64. The molecule has 3 aliphatic rings. The van der Waals surface area contributed by atoms with Gasteiger partial charge in [0.05, 0.1) is 12.3 Å². The van der Waals surface area contributed by atoms with Crippen molar-refractivity contribution in [1.82, 2.24) is 14.8 Å². The fourth-order valence-electron chi connectivity index (χ4n) is 3.17. The number of allylic oxidation sites excluding steroid dienone is 1. The molecule has 0 spiro atoms. The molecular weight excluding hydrogens is 308 g/mol. The molecule has 24 heavy (non-hydrogen) atoms. The first kappa shape index (κ1) is 16.4. The van der Waals surface area contributed by atoms with Gasteiger partial charge in [0.15, 0.2) is 0 Å². The number of amidine groups is 1. The molecule has 0 aromatic rings. The van der Waals surface area contributed by atoms with Crippen LogP contribution >= 0.6 is 0 Å². The van der Waals surface area contributed by atoms with E-state index in [1.807, 2.05) is 38.3 Å². The van der Waals surface area contributed by atoms with Gasteiger partial charge in [-0.15, -0.1) is 10.1 Å². The van der Waals surface area contributed by atoms with E-state index in [0.29, 0.717) is 18.3 Å². The second kappa shape index (κ2) is 5.85. The smallest absolute Gasteiger partial charge is 0.270 e. The Balaban J connectivity index is 2.06. The summed E-state index contributed by atoms with van der Waals surface area (Å²) in [5.41, 5.74) is 0.921. The maximum atomic E-state index is 13.0. The first-order valence-electron chi connectivity index (χ1n) is 8.19. The van der Waals surface area contributed by atoms with Crippen LogP contribution < -0.4 is 0 Å². The molecule has 8 nitrogen and oxygen atoms in total. The Bertz CT molecular complexity index is 720. The van der Waals surface area contributed by atoms with Gasteiger partial charge in [0.1, 0.15) is 6.04 Å². The van der Waals surface area contributed by atoms with Gasteiger partial charge in [0.25, 0.3) is 5.91 Å². The molecule has 2 atom stereocenters. The number of carbonyl (C=O) groups is 2. The number of nitrogens with zero attached hydrogens (tertiary/aromatic N) is 6. The maximum absolute atomic E-state index is 13.0. The zero-order valence-electron chi connectivity index (χ0n) is 14.7. The standard InChI is InChI=1S/C16H23N6O2/c1-6-8-9-20-14(23)12-13(19(5)16(20)24)17-15-21(7-2)18-10(3)11(4)22(12)15/h6,8,11-12H,7,9H2,1-5H3/q+1/b8-6+. The predicted molar refractivity (Wildman–Crippen MR) is 91.1 cm³/mol. The van der Waals surface area contributed by atoms with E-state index in [9.17, 15) is 9.59 Å². The molecule has 0 aliphatic carbocycles. The number of rotatable bonds is 3. The minimum Gasteiger partial charge on any atom is -0.270 e. The van der Waals surface area contributed by atoms with Crippen molar-refractivity contribution in [3.8, 4) is 0 Å². The molecule has 3 heterocycles. The topological polar surface area (TPSA) is 71.6 Å². The van der Waals surface area contributed by atoms with Crippen LogP contribution in [0.1, 0.15) is 27.7 Å². The van der Waals surface area contributed by atoms with Crippen LogP contribution in [0.3, 0.4) is 0 Å². The molecule has 1 fully saturated rings. The molecular formula is C16H23N6O2+. The van der Waals surface area contributed by atoms with Gasteiger partial charge in [-0.05, 0) is 27.7 Å². The number of aliphatic imine (C=N–C) groups is 1. The van der Waals surface area contributed by atoms with Gasteiger partial charge in [0.2, 0.25) is 11.9 Å². The van der Waals surface area contributed by atoms with E-state index in [4.69, 9.17) is 0 Å². The summed E-state index contributed by atoms with van der Waals surface area (Å²) in [5.74, 6) is 0.881. The van der Waals surface area contributed by atoms with Gasteiger partial charge in [-0.25, -0.2) is 9.37 Å². The van der Waals surface area contributed by atoms with Crippen molar-refractivity contribution in [1.29, 1.82) is 0 Å². The molecule has 3 rings (SSSR count). The van der Waals surface area contributed by atoms with Crippen LogP contribution in [0.4, 0.5) is 4.79 Å². The highest BCUT2D eigenvalue weighted by atomic mass is 16.2. The first-order chi connectivity index (χ1) is 11.4. The highest BCUT2D eigenvalue weighted by molar-refractivity contribution is 6.23. The van der Waals surface area contributed by atoms with Crippen LogP contribution in [0.25, 0.3) is 0 Å². The summed E-state index contributed by atoms with van der Waals surface area (Å²) in [5, 5.41) is 6.32. The van der Waals surface area contributed by atoms with E-state index in [1.165, 1.54) is 9.80 Å². The number of urea groups is 1. The number of likely N-dealkylation sites (N-methyl/N-ethyl adjacent to an activating group) is 1. The number of fused-ring (bicyclic) bond motifs is 2. The Kier molecular flexibility index (Phi) is 3.98. The number of imide groups is 1. The van der Waals surface area contributed by atoms with Gasteiger partial charge in [-0.3, -0.25) is 14.6 Å². The molecule has 0 saturated carbocycles. The summed E-state index contributed by atoms with van der Waals surface area (Å²) in [7, 11) is 1.66. The van der Waals surface area contributed by atoms with E-state index in [-0.39, 0.29) is 24.5 Å². The zero-order valence-corrected chi connectivity index (χ0v) is 14.7. The third kappa shape index (κ3) is 2.16. The fourth-order valence-corrected chi connectivity index (χ4v) is 3.17. The van der Waals surface area contributed by atoms with Gasteiger partial charge >= 0.3 is 12.0 Å². The van der Waals surface area contributed by atoms with Crippen molar-refractivity contribution >= 4 is 29.4 Å². The zero-order chi connectivity index (χ0) is 17.6. The van der Waals surface area contributed by atoms with E-state index >= 15 is 0 Å². The molecule has 3 aliphatic heterocycles. The lowest BCUT2D eigenvalue weighted by atomic mass is 10.1. The Morgan fingerprint density at radius 3 is 2.67 bits per heavy atom. The van der Waals surface area contributed by atoms with Crippen molar-refractivity contribution in [2.45, 2.75) is 39.8 Å². The fraction of sp³-hybridized carbons (Fsp3) is 0.562. The van der Waals surface area contributed by atoms with Crippen LogP contribution in [-0.4, -0.2) is 81.1 Å². The number of hydrazone groups is 1. The summed E-state index contributed by atoms with van der Waals surface area (Å²) < 4.78 is 1.97. The molecule has 128 valence electrons. The van der Waals surface area contributed by atoms with Gasteiger partial charge < -0.3 is 0 Å². The summed E-state index contributed by atoms with van der Waals surface area (Å²) >= 11 is 0. The van der Waals surface area contributed by atoms with Crippen molar-refractivity contribution < 1.29 is 14.2 Å². The van der Waals surface area contributed by atoms with E-state index in [2.05, 4.69) is 10.1 Å². The minimum atomic E-state index is -0.581. The van der Waals surface area contributed by atoms with Crippen LogP contribution in [-0.2, 0) is 4.79 Å². The second-order valence-electron chi connectivity index (χ2n) is 6.07. The Hall–Kier alpha value is -2.51. The lowest BCUT2D eigenvalue weighted by molar-refractivity contribution is -0.559. The second-order valence-corrected chi connectivity index (χ2v) is 6.07. The van der Waals surface area contributed by atoms with Crippen LogP contribution in [0.5, 0.6) is 0 Å². The molecule has 0 aromatic carbocycles. The number of hydrogen-bond donors (Lipinski definition) is 0. The first-order valence-corrected chi connectivity index (χ1v) is 8.19. The van der Waals surface area contributed by atoms with Crippen molar-refractivity contribution in [3.05, 3.63) is 12.2 Å². The average Bonchev–Trinajstić information content (AvgIpc) is 2.97. The number of carbonyl (C=O) groups excluding carboxylic acids is 2. The third-order valence-corrected chi connectivity index (χ3v) is 4.68. The normalized spacial score (nSPS) is 27.0. The molecule has 1 saturated heterocycles. The molecule has 2 unspecified atom stereocenters. The van der Waals surface area contributed by atoms with Crippen LogP contribution in [0.15, 0.2) is 22.2 Å². The molecule has 0 N–H and O–H groups in total. The highest BCUT2D eigenvalue weighted by Gasteiger charge is 2.55. The molecule has 8 heteroatoms. The van der Waals surface area contributed by atoms with Crippen LogP contribution in [0.2, 0.25) is 0 Å². The number of guanidine groups is 1. The largest absolute Gasteiger partial charge is 0.416 e. The van der Waals surface area contributed by atoms with Gasteiger partial charge in [0, 0.05) is 13.6 Å². The minimum absolute atomic E-state index is 0.0526. The average molecular weight is 331 g/mol. The molecule has 0 aromatic heterocycles. The summed E-state index contributed by atoms with van der Waals surface area (Å²) in [6, 6.07) is -0.979. The molecule has 0 radical (unpaired) electrons. The highest BCUT2D eigenvalue weighted by Crippen LogP contribution is 2.25. The lowest BCUT2D eigenvalue weighted by Gasteiger charge is -2.35. The third-order valence-electron chi connectivity index (χ3n) is 4.68. The quantitative estimate of drug-likeness (QED) is 0.565. The Labute approximate surface area is 141 Å². The summed E-state index contributed by atoms with van der Waals surface area (Å²) in [6.45, 7) is 8.71. The van der Waals surface area contributed by atoms with E-state index in [1.54, 1.807) is 18.1 Å². The van der Waals surface area contributed by atoms with Crippen molar-refractivity contribution in [3.63, 3.8) is 0 Å². The van der Waals surface area contributed by atoms with Crippen LogP contribution in [0, 0.1) is 0 Å². The van der Waals surface area contributed by atoms with Crippen molar-refractivity contribution in [2.75, 3.05) is 20.1 Å². The number of amides is 3. The molecule has 3 amide bonds. The Morgan fingerprint density at radius 1 is 1.33 bits per heavy atom. The Morgan fingerprint density at radius 2 is 2.04 bits per heavy atom. The SMILES string of the molecule is C/C=C/CN1C(=O)C2C(=NC3=[N+]2C(C)C(C)=NN3CC)N(C)C1=O. The van der Waals surface area contributed by atoms with E-state index in [0.717, 1.165) is 5.71 Å². The number of hydrogen-bond acceptors (Lipinski definition) is 5. The maximum Gasteiger partial charge on any atom is 0.416 e. The van der Waals surface area contributed by atoms with Gasteiger partial charge in [-0.1, -0.05) is 17.1 Å². The summed E-state index contributed by atoms with van der Waals surface area (Å²) in [4.78, 5) is 32.9.